The number of nitrogens with one attached hydrogen (secondary N) is 1. The van der Waals surface area contributed by atoms with Crippen molar-refractivity contribution in [3.05, 3.63) is 0 Å². The molecule has 1 saturated heterocycles. The number of hydrogen-bond acceptors (Lipinski definition) is 4. The van der Waals surface area contributed by atoms with E-state index < -0.39 is 42.3 Å². The second kappa shape index (κ2) is 9.12. The zero-order chi connectivity index (χ0) is 21.0. The van der Waals surface area contributed by atoms with Crippen LogP contribution in [0.3, 0.4) is 0 Å². The zero-order valence-corrected chi connectivity index (χ0v) is 16.6. The molecule has 158 valence electrons. The minimum atomic E-state index is -4.58. The third-order valence-electron chi connectivity index (χ3n) is 4.40. The van der Waals surface area contributed by atoms with Gasteiger partial charge in [-0.2, -0.15) is 13.2 Å². The first-order valence-electron chi connectivity index (χ1n) is 9.21. The van der Waals surface area contributed by atoms with E-state index in [2.05, 4.69) is 5.32 Å². The molecule has 1 rings (SSSR count). The maximum absolute atomic E-state index is 12.6. The summed E-state index contributed by atoms with van der Waals surface area (Å²) in [7, 11) is 0. The third-order valence-corrected chi connectivity index (χ3v) is 4.40. The van der Waals surface area contributed by atoms with E-state index in [0.717, 1.165) is 4.90 Å². The zero-order valence-electron chi connectivity index (χ0n) is 16.6. The Morgan fingerprint density at radius 3 is 2.30 bits per heavy atom. The van der Waals surface area contributed by atoms with Gasteiger partial charge in [-0.1, -0.05) is 0 Å². The van der Waals surface area contributed by atoms with Crippen LogP contribution >= 0.6 is 0 Å². The maximum atomic E-state index is 12.6. The van der Waals surface area contributed by atoms with Crippen molar-refractivity contribution in [1.29, 1.82) is 0 Å². The molecule has 0 aromatic carbocycles. The molecule has 1 heterocycles. The summed E-state index contributed by atoms with van der Waals surface area (Å²) < 4.78 is 43.0. The molecule has 2 N–H and O–H groups in total. The SMILES string of the molecule is C[C@H](CC1CCC([C@H](C)O)N(C(=O)CC(F)(F)F)C1)NC(=O)OC(C)(C)C. The van der Waals surface area contributed by atoms with E-state index in [0.29, 0.717) is 19.3 Å². The lowest BCUT2D eigenvalue weighted by Crippen LogP contribution is -2.53. The number of alkyl halides is 3. The largest absolute Gasteiger partial charge is 0.444 e. The van der Waals surface area contributed by atoms with Crippen molar-refractivity contribution in [2.24, 2.45) is 5.92 Å². The summed E-state index contributed by atoms with van der Waals surface area (Å²) in [6.07, 6.45) is -6.00. The average Bonchev–Trinajstić information content (AvgIpc) is 2.42. The Labute approximate surface area is 158 Å². The van der Waals surface area contributed by atoms with E-state index in [9.17, 15) is 27.9 Å². The first kappa shape index (κ1) is 23.5. The van der Waals surface area contributed by atoms with Gasteiger partial charge in [0, 0.05) is 12.6 Å². The number of hydrogen-bond donors (Lipinski definition) is 2. The molecule has 0 saturated carbocycles. The molecule has 2 unspecified atom stereocenters. The molecule has 1 aliphatic rings. The average molecular weight is 396 g/mol. The number of piperidine rings is 1. The van der Waals surface area contributed by atoms with E-state index >= 15 is 0 Å². The fourth-order valence-electron chi connectivity index (χ4n) is 3.39. The molecule has 4 atom stereocenters. The van der Waals surface area contributed by atoms with Gasteiger partial charge < -0.3 is 20.1 Å². The van der Waals surface area contributed by atoms with Crippen molar-refractivity contribution in [3.8, 4) is 0 Å². The fourth-order valence-corrected chi connectivity index (χ4v) is 3.39. The molecule has 6 nitrogen and oxygen atoms in total. The maximum Gasteiger partial charge on any atom is 0.407 e. The molecule has 27 heavy (non-hydrogen) atoms. The van der Waals surface area contributed by atoms with E-state index in [4.69, 9.17) is 4.74 Å². The Morgan fingerprint density at radius 2 is 1.81 bits per heavy atom. The summed E-state index contributed by atoms with van der Waals surface area (Å²) in [6, 6.07) is -0.877. The van der Waals surface area contributed by atoms with Crippen LogP contribution in [-0.2, 0) is 9.53 Å². The molecule has 9 heteroatoms. The number of aliphatic hydroxyl groups is 1. The fraction of sp³-hybridized carbons (Fsp3) is 0.889. The normalized spacial score (nSPS) is 23.5. The van der Waals surface area contributed by atoms with Crippen molar-refractivity contribution in [3.63, 3.8) is 0 Å². The summed E-state index contributed by atoms with van der Waals surface area (Å²) in [5, 5.41) is 12.5. The molecule has 0 bridgehead atoms. The van der Waals surface area contributed by atoms with Gasteiger partial charge in [0.05, 0.1) is 12.1 Å². The van der Waals surface area contributed by atoms with E-state index in [1.807, 2.05) is 0 Å². The van der Waals surface area contributed by atoms with Crippen molar-refractivity contribution < 1.29 is 32.6 Å². The van der Waals surface area contributed by atoms with Gasteiger partial charge in [-0.3, -0.25) is 4.79 Å². The smallest absolute Gasteiger partial charge is 0.407 e. The molecule has 0 aliphatic carbocycles. The summed E-state index contributed by atoms with van der Waals surface area (Å²) in [6.45, 7) is 8.64. The predicted octanol–water partition coefficient (Wildman–Crippen LogP) is 3.23. The second-order valence-electron chi connectivity index (χ2n) is 8.37. The molecule has 0 spiro atoms. The Morgan fingerprint density at radius 1 is 1.22 bits per heavy atom. The number of halogens is 3. The molecular formula is C18H31F3N2O4. The number of alkyl carbamates (subject to hydrolysis) is 1. The number of ether oxygens (including phenoxy) is 1. The van der Waals surface area contributed by atoms with Gasteiger partial charge >= 0.3 is 12.3 Å². The molecular weight excluding hydrogens is 365 g/mol. The van der Waals surface area contributed by atoms with Gasteiger partial charge in [-0.25, -0.2) is 4.79 Å². The predicted molar refractivity (Wildman–Crippen MR) is 94.0 cm³/mol. The number of likely N-dealkylation sites (tertiary alicyclic amines) is 1. The van der Waals surface area contributed by atoms with Crippen LogP contribution in [0.25, 0.3) is 0 Å². The highest BCUT2D eigenvalue weighted by atomic mass is 19.4. The van der Waals surface area contributed by atoms with Gasteiger partial charge in [0.1, 0.15) is 12.0 Å². The topological polar surface area (TPSA) is 78.9 Å². The van der Waals surface area contributed by atoms with Gasteiger partial charge in [0.15, 0.2) is 0 Å². The molecule has 2 amide bonds. The highest BCUT2D eigenvalue weighted by Gasteiger charge is 2.39. The monoisotopic (exact) mass is 396 g/mol. The van der Waals surface area contributed by atoms with Crippen LogP contribution in [0.1, 0.15) is 60.3 Å². The highest BCUT2D eigenvalue weighted by Crippen LogP contribution is 2.30. The van der Waals surface area contributed by atoms with Crippen molar-refractivity contribution in [2.75, 3.05) is 6.54 Å². The lowest BCUT2D eigenvalue weighted by atomic mass is 9.86. The minimum absolute atomic E-state index is 0.0675. The van der Waals surface area contributed by atoms with Gasteiger partial charge in [0.2, 0.25) is 5.91 Å². The van der Waals surface area contributed by atoms with Gasteiger partial charge in [-0.05, 0) is 59.8 Å². The van der Waals surface area contributed by atoms with Crippen LogP contribution in [0, 0.1) is 5.92 Å². The standard InChI is InChI=1S/C18H31F3N2O4/c1-11(22-16(26)27-17(3,4)5)8-13-6-7-14(12(2)24)23(10-13)15(25)9-18(19,20)21/h11-14,24H,6-10H2,1-5H3,(H,22,26)/t11-,12+,13?,14?/m1/s1. The Bertz CT molecular complexity index is 518. The Balaban J connectivity index is 2.67. The number of nitrogens with zero attached hydrogens (tertiary/aromatic N) is 1. The lowest BCUT2D eigenvalue weighted by molar-refractivity contribution is -0.167. The summed E-state index contributed by atoms with van der Waals surface area (Å²) in [4.78, 5) is 25.1. The summed E-state index contributed by atoms with van der Waals surface area (Å²) >= 11 is 0. The Hall–Kier alpha value is -1.51. The highest BCUT2D eigenvalue weighted by molar-refractivity contribution is 5.77. The van der Waals surface area contributed by atoms with E-state index in [1.165, 1.54) is 6.92 Å². The molecule has 0 radical (unpaired) electrons. The number of carbonyl (C=O) groups excluding carboxylic acids is 2. The van der Waals surface area contributed by atoms with Gasteiger partial charge in [-0.15, -0.1) is 0 Å². The van der Waals surface area contributed by atoms with Crippen molar-refractivity contribution in [2.45, 2.75) is 90.3 Å². The molecule has 1 fully saturated rings. The van der Waals surface area contributed by atoms with Crippen LogP contribution in [0.5, 0.6) is 0 Å². The van der Waals surface area contributed by atoms with Crippen molar-refractivity contribution >= 4 is 12.0 Å². The first-order chi connectivity index (χ1) is 12.2. The number of amides is 2. The summed E-state index contributed by atoms with van der Waals surface area (Å²) in [5.41, 5.74) is -0.625. The van der Waals surface area contributed by atoms with E-state index in [-0.39, 0.29) is 18.5 Å². The molecule has 0 aromatic heterocycles. The molecule has 1 aliphatic heterocycles. The van der Waals surface area contributed by atoms with Crippen LogP contribution in [0.15, 0.2) is 0 Å². The van der Waals surface area contributed by atoms with Crippen molar-refractivity contribution in [1.82, 2.24) is 10.2 Å². The van der Waals surface area contributed by atoms with E-state index in [1.54, 1.807) is 27.7 Å². The third kappa shape index (κ3) is 8.81. The lowest BCUT2D eigenvalue weighted by Gasteiger charge is -2.42. The van der Waals surface area contributed by atoms with Crippen LogP contribution < -0.4 is 5.32 Å². The van der Waals surface area contributed by atoms with Crippen LogP contribution in [-0.4, -0.2) is 58.5 Å². The van der Waals surface area contributed by atoms with Crippen LogP contribution in [0.4, 0.5) is 18.0 Å². The first-order valence-corrected chi connectivity index (χ1v) is 9.21. The Kier molecular flexibility index (Phi) is 7.95. The number of carbonyl (C=O) groups is 2. The number of rotatable bonds is 5. The second-order valence-corrected chi connectivity index (χ2v) is 8.37. The summed E-state index contributed by atoms with van der Waals surface area (Å²) in [5.74, 6) is -1.09. The number of aliphatic hydroxyl groups excluding tert-OH is 1. The van der Waals surface area contributed by atoms with Gasteiger partial charge in [0.25, 0.3) is 0 Å². The molecule has 0 aromatic rings. The quantitative estimate of drug-likeness (QED) is 0.748. The van der Waals surface area contributed by atoms with Crippen LogP contribution in [0.2, 0.25) is 0 Å². The minimum Gasteiger partial charge on any atom is -0.444 e.